The van der Waals surface area contributed by atoms with Crippen molar-refractivity contribution in [1.29, 1.82) is 0 Å². The van der Waals surface area contributed by atoms with E-state index in [-0.39, 0.29) is 5.78 Å². The third-order valence-electron chi connectivity index (χ3n) is 5.44. The second-order valence-electron chi connectivity index (χ2n) is 7.48. The number of fused-ring (bicyclic) bond motifs is 1. The Morgan fingerprint density at radius 2 is 1.87 bits per heavy atom. The topological polar surface area (TPSA) is 60.5 Å². The molecule has 0 atom stereocenters. The van der Waals surface area contributed by atoms with Crippen molar-refractivity contribution in [3.8, 4) is 22.6 Å². The molecule has 0 bridgehead atoms. The maximum Gasteiger partial charge on any atom is 0.159 e. The first-order chi connectivity index (χ1) is 14.6. The Morgan fingerprint density at radius 3 is 2.67 bits per heavy atom. The van der Waals surface area contributed by atoms with Gasteiger partial charge < -0.3 is 14.8 Å². The second kappa shape index (κ2) is 9.09. The quantitative estimate of drug-likeness (QED) is 0.626. The molecule has 5 nitrogen and oxygen atoms in total. The molecule has 30 heavy (non-hydrogen) atoms. The Morgan fingerprint density at radius 1 is 1.03 bits per heavy atom. The van der Waals surface area contributed by atoms with Gasteiger partial charge in [-0.1, -0.05) is 18.2 Å². The van der Waals surface area contributed by atoms with Crippen LogP contribution in [0.15, 0.2) is 54.7 Å². The number of aromatic nitrogens is 1. The molecular formula is C25H26N2O3. The molecule has 1 N–H and O–H groups in total. The Hall–Kier alpha value is -3.18. The van der Waals surface area contributed by atoms with Gasteiger partial charge in [-0.15, -0.1) is 0 Å². The average molecular weight is 402 g/mol. The highest BCUT2D eigenvalue weighted by Crippen LogP contribution is 2.33. The Kier molecular flexibility index (Phi) is 6.10. The molecule has 1 aliphatic heterocycles. The Bertz CT molecular complexity index is 1060. The lowest BCUT2D eigenvalue weighted by molar-refractivity contribution is 0.101. The van der Waals surface area contributed by atoms with Crippen molar-refractivity contribution in [2.24, 2.45) is 0 Å². The van der Waals surface area contributed by atoms with E-state index >= 15 is 0 Å². The summed E-state index contributed by atoms with van der Waals surface area (Å²) >= 11 is 0. The highest BCUT2D eigenvalue weighted by atomic mass is 16.5. The largest absolute Gasteiger partial charge is 0.497 e. The summed E-state index contributed by atoms with van der Waals surface area (Å²) in [5, 5.41) is 3.45. The first-order valence-electron chi connectivity index (χ1n) is 10.2. The van der Waals surface area contributed by atoms with Crippen LogP contribution in [0, 0.1) is 0 Å². The number of nitrogens with one attached hydrogen (secondary N) is 1. The maximum atomic E-state index is 12.0. The lowest BCUT2D eigenvalue weighted by Crippen LogP contribution is -2.16. The molecule has 0 aliphatic carbocycles. The standard InChI is InChI=1S/C25H26N2O3/c1-17(28)19-5-6-25(30-16-22-15-23(29-2)9-12-27-22)24(14-19)21-4-3-18-7-10-26-11-8-20(18)13-21/h3-6,9,12-15,26H,7-8,10-11,16H2,1-2H3. The minimum Gasteiger partial charge on any atom is -0.497 e. The molecule has 0 spiro atoms. The molecule has 0 saturated heterocycles. The first-order valence-corrected chi connectivity index (χ1v) is 10.2. The van der Waals surface area contributed by atoms with Crippen molar-refractivity contribution in [1.82, 2.24) is 10.3 Å². The van der Waals surface area contributed by atoms with Gasteiger partial charge in [0.2, 0.25) is 0 Å². The molecule has 0 unspecified atom stereocenters. The van der Waals surface area contributed by atoms with Crippen LogP contribution in [-0.2, 0) is 19.4 Å². The second-order valence-corrected chi connectivity index (χ2v) is 7.48. The summed E-state index contributed by atoms with van der Waals surface area (Å²) in [6.45, 7) is 3.89. The summed E-state index contributed by atoms with van der Waals surface area (Å²) < 4.78 is 11.4. The van der Waals surface area contributed by atoms with E-state index < -0.39 is 0 Å². The fourth-order valence-corrected chi connectivity index (χ4v) is 3.76. The van der Waals surface area contributed by atoms with Gasteiger partial charge in [0.1, 0.15) is 18.1 Å². The van der Waals surface area contributed by atoms with E-state index in [9.17, 15) is 4.79 Å². The molecule has 2 heterocycles. The van der Waals surface area contributed by atoms with Crippen LogP contribution in [0.4, 0.5) is 0 Å². The molecule has 3 aromatic rings. The highest BCUT2D eigenvalue weighted by molar-refractivity contribution is 5.96. The third kappa shape index (κ3) is 4.52. The number of hydrogen-bond donors (Lipinski definition) is 1. The van der Waals surface area contributed by atoms with Crippen molar-refractivity contribution in [3.63, 3.8) is 0 Å². The lowest BCUT2D eigenvalue weighted by Gasteiger charge is -2.15. The van der Waals surface area contributed by atoms with Crippen molar-refractivity contribution >= 4 is 5.78 Å². The number of ketones is 1. The predicted octanol–water partition coefficient (Wildman–Crippen LogP) is 4.23. The summed E-state index contributed by atoms with van der Waals surface area (Å²) in [6, 6.07) is 15.8. The number of methoxy groups -OCH3 is 1. The molecule has 0 amide bonds. The van der Waals surface area contributed by atoms with E-state index in [1.54, 1.807) is 26.3 Å². The van der Waals surface area contributed by atoms with E-state index in [2.05, 4.69) is 28.5 Å². The minimum absolute atomic E-state index is 0.0382. The smallest absolute Gasteiger partial charge is 0.159 e. The summed E-state index contributed by atoms with van der Waals surface area (Å²) in [6.07, 6.45) is 3.74. The van der Waals surface area contributed by atoms with Gasteiger partial charge in [-0.3, -0.25) is 9.78 Å². The lowest BCUT2D eigenvalue weighted by atomic mass is 9.94. The summed E-state index contributed by atoms with van der Waals surface area (Å²) in [4.78, 5) is 16.3. The highest BCUT2D eigenvalue weighted by Gasteiger charge is 2.14. The van der Waals surface area contributed by atoms with Crippen molar-refractivity contribution < 1.29 is 14.3 Å². The van der Waals surface area contributed by atoms with Crippen LogP contribution >= 0.6 is 0 Å². The molecule has 4 rings (SSSR count). The molecule has 0 radical (unpaired) electrons. The summed E-state index contributed by atoms with van der Waals surface area (Å²) in [7, 11) is 1.63. The molecule has 0 saturated carbocycles. The van der Waals surface area contributed by atoms with E-state index in [0.717, 1.165) is 54.3 Å². The van der Waals surface area contributed by atoms with Crippen molar-refractivity contribution in [3.05, 3.63) is 77.1 Å². The van der Waals surface area contributed by atoms with Gasteiger partial charge in [0.25, 0.3) is 0 Å². The van der Waals surface area contributed by atoms with Crippen LogP contribution in [0.5, 0.6) is 11.5 Å². The third-order valence-corrected chi connectivity index (χ3v) is 5.44. The summed E-state index contributed by atoms with van der Waals surface area (Å²) in [5.74, 6) is 1.52. The molecule has 0 fully saturated rings. The zero-order valence-corrected chi connectivity index (χ0v) is 17.4. The van der Waals surface area contributed by atoms with Gasteiger partial charge in [-0.25, -0.2) is 0 Å². The van der Waals surface area contributed by atoms with E-state index in [4.69, 9.17) is 9.47 Å². The number of ether oxygens (including phenoxy) is 2. The van der Waals surface area contributed by atoms with Gasteiger partial charge in [-0.05, 0) is 73.8 Å². The molecular weight excluding hydrogens is 376 g/mol. The number of rotatable bonds is 6. The van der Waals surface area contributed by atoms with Crippen LogP contribution in [-0.4, -0.2) is 31.0 Å². The number of carbonyl (C=O) groups excluding carboxylic acids is 1. The number of nitrogens with zero attached hydrogens (tertiary/aromatic N) is 1. The van der Waals surface area contributed by atoms with Crippen LogP contribution in [0.2, 0.25) is 0 Å². The van der Waals surface area contributed by atoms with Crippen molar-refractivity contribution in [2.75, 3.05) is 20.2 Å². The van der Waals surface area contributed by atoms with Gasteiger partial charge >= 0.3 is 0 Å². The Labute approximate surface area is 177 Å². The van der Waals surface area contributed by atoms with E-state index in [1.165, 1.54) is 11.1 Å². The number of carbonyl (C=O) groups is 1. The maximum absolute atomic E-state index is 12.0. The number of benzene rings is 2. The normalized spacial score (nSPS) is 13.3. The number of pyridine rings is 1. The predicted molar refractivity (Wildman–Crippen MR) is 117 cm³/mol. The van der Waals surface area contributed by atoms with Crippen molar-refractivity contribution in [2.45, 2.75) is 26.4 Å². The molecule has 1 aliphatic rings. The van der Waals surface area contributed by atoms with Crippen LogP contribution < -0.4 is 14.8 Å². The zero-order chi connectivity index (χ0) is 20.9. The molecule has 154 valence electrons. The van der Waals surface area contributed by atoms with Gasteiger partial charge in [0, 0.05) is 23.4 Å². The van der Waals surface area contributed by atoms with E-state index in [0.29, 0.717) is 12.2 Å². The van der Waals surface area contributed by atoms with Crippen LogP contribution in [0.3, 0.4) is 0 Å². The number of hydrogen-bond acceptors (Lipinski definition) is 5. The van der Waals surface area contributed by atoms with Crippen LogP contribution in [0.25, 0.3) is 11.1 Å². The van der Waals surface area contributed by atoms with E-state index in [1.807, 2.05) is 24.3 Å². The van der Waals surface area contributed by atoms with Gasteiger partial charge in [-0.2, -0.15) is 0 Å². The van der Waals surface area contributed by atoms with Gasteiger partial charge in [0.05, 0.1) is 12.8 Å². The number of Topliss-reactive ketones (excluding diaryl/α,β-unsaturated/α-hetero) is 1. The minimum atomic E-state index is 0.0382. The fourth-order valence-electron chi connectivity index (χ4n) is 3.76. The first kappa shape index (κ1) is 20.1. The van der Waals surface area contributed by atoms with Gasteiger partial charge in [0.15, 0.2) is 5.78 Å². The fraction of sp³-hybridized carbons (Fsp3) is 0.280. The monoisotopic (exact) mass is 402 g/mol. The molecule has 2 aromatic carbocycles. The zero-order valence-electron chi connectivity index (χ0n) is 17.4. The van der Waals surface area contributed by atoms with Crippen LogP contribution in [0.1, 0.15) is 34.1 Å². The SMILES string of the molecule is COc1ccnc(COc2ccc(C(C)=O)cc2-c2ccc3c(c2)CCNCC3)c1. The molecule has 5 heteroatoms. The average Bonchev–Trinajstić information content (AvgIpc) is 3.02. The summed E-state index contributed by atoms with van der Waals surface area (Å²) in [5.41, 5.74) is 6.18. The Balaban J connectivity index is 1.67. The molecule has 1 aromatic heterocycles.